The Balaban J connectivity index is 1.67. The first-order chi connectivity index (χ1) is 14.8. The van der Waals surface area contributed by atoms with Crippen LogP contribution in [0.25, 0.3) is 10.9 Å². The molecule has 0 aliphatic rings. The Morgan fingerprint density at radius 1 is 0.968 bits per heavy atom. The Hall–Kier alpha value is -3.09. The monoisotopic (exact) mass is 452 g/mol. The zero-order valence-corrected chi connectivity index (χ0v) is 18.5. The van der Waals surface area contributed by atoms with E-state index in [0.717, 1.165) is 11.1 Å². The molecule has 0 radical (unpaired) electrons. The van der Waals surface area contributed by atoms with Crippen LogP contribution in [0.4, 0.5) is 5.69 Å². The first kappa shape index (κ1) is 21.2. The number of nitrogens with zero attached hydrogens (tertiary/aromatic N) is 1. The predicted molar refractivity (Wildman–Crippen MR) is 124 cm³/mol. The van der Waals surface area contributed by atoms with Gasteiger partial charge in [0.15, 0.2) is 9.84 Å². The lowest BCUT2D eigenvalue weighted by Gasteiger charge is -2.08. The molecule has 3 aromatic carbocycles. The molecule has 0 bridgehead atoms. The maximum absolute atomic E-state index is 13.3. The van der Waals surface area contributed by atoms with Gasteiger partial charge in [-0.05, 0) is 36.2 Å². The summed E-state index contributed by atoms with van der Waals surface area (Å²) in [5.74, 6) is -0.392. The van der Waals surface area contributed by atoms with E-state index in [9.17, 15) is 13.2 Å². The molecular formula is C24H21ClN2O3S. The Morgan fingerprint density at radius 2 is 1.65 bits per heavy atom. The number of aromatic nitrogens is 1. The van der Waals surface area contributed by atoms with Crippen LogP contribution >= 0.6 is 11.6 Å². The molecule has 4 rings (SSSR count). The van der Waals surface area contributed by atoms with Crippen LogP contribution < -0.4 is 5.32 Å². The molecule has 0 unspecified atom stereocenters. The van der Waals surface area contributed by atoms with Gasteiger partial charge in [-0.3, -0.25) is 4.79 Å². The fourth-order valence-corrected chi connectivity index (χ4v) is 5.42. The van der Waals surface area contributed by atoms with Gasteiger partial charge in [0.2, 0.25) is 5.91 Å². The molecule has 1 heterocycles. The standard InChI is InChI=1S/C24H21ClN2O3S/c1-17-8-2-3-9-18(17)16-31(29,30)23-14-27(22-13-7-4-10-19(22)23)15-24(28)26-21-12-6-5-11-20(21)25/h2-14H,15-16H2,1H3,(H,26,28). The van der Waals surface area contributed by atoms with Gasteiger partial charge >= 0.3 is 0 Å². The van der Waals surface area contributed by atoms with Crippen molar-refractivity contribution in [1.82, 2.24) is 4.57 Å². The van der Waals surface area contributed by atoms with Crippen LogP contribution in [0.2, 0.25) is 5.02 Å². The number of hydrogen-bond donors (Lipinski definition) is 1. The Kier molecular flexibility index (Phi) is 5.85. The van der Waals surface area contributed by atoms with E-state index in [4.69, 9.17) is 11.6 Å². The average Bonchev–Trinajstić information content (AvgIpc) is 3.11. The summed E-state index contributed by atoms with van der Waals surface area (Å²) in [5, 5.41) is 3.82. The van der Waals surface area contributed by atoms with Gasteiger partial charge in [-0.25, -0.2) is 8.42 Å². The Morgan fingerprint density at radius 3 is 2.42 bits per heavy atom. The molecule has 1 N–H and O–H groups in total. The number of anilines is 1. The van der Waals surface area contributed by atoms with Gasteiger partial charge in [0.05, 0.1) is 21.4 Å². The molecule has 0 saturated heterocycles. The van der Waals surface area contributed by atoms with Gasteiger partial charge in [0.1, 0.15) is 6.54 Å². The first-order valence-corrected chi connectivity index (χ1v) is 11.8. The molecule has 0 fully saturated rings. The number of carbonyl (C=O) groups is 1. The highest BCUT2D eigenvalue weighted by atomic mass is 35.5. The van der Waals surface area contributed by atoms with Crippen molar-refractivity contribution in [2.75, 3.05) is 5.32 Å². The second kappa shape index (κ2) is 8.57. The minimum absolute atomic E-state index is 0.0361. The highest BCUT2D eigenvalue weighted by Crippen LogP contribution is 2.29. The number of amides is 1. The van der Waals surface area contributed by atoms with Gasteiger partial charge < -0.3 is 9.88 Å². The summed E-state index contributed by atoms with van der Waals surface area (Å²) in [7, 11) is -3.62. The molecule has 1 amide bonds. The Bertz CT molecular complexity index is 1380. The fourth-order valence-electron chi connectivity index (χ4n) is 3.55. The van der Waals surface area contributed by atoms with E-state index in [2.05, 4.69) is 5.32 Å². The predicted octanol–water partition coefficient (Wildman–Crippen LogP) is 5.22. The number of sulfone groups is 1. The molecule has 4 aromatic rings. The largest absolute Gasteiger partial charge is 0.337 e. The lowest BCUT2D eigenvalue weighted by Crippen LogP contribution is -2.18. The van der Waals surface area contributed by atoms with Gasteiger partial charge in [-0.1, -0.05) is 66.2 Å². The highest BCUT2D eigenvalue weighted by Gasteiger charge is 2.23. The molecule has 0 aliphatic heterocycles. The van der Waals surface area contributed by atoms with Crippen LogP contribution in [0.5, 0.6) is 0 Å². The highest BCUT2D eigenvalue weighted by molar-refractivity contribution is 7.90. The fraction of sp³-hybridized carbons (Fsp3) is 0.125. The molecule has 0 atom stereocenters. The third-order valence-corrected chi connectivity index (χ3v) is 7.17. The number of fused-ring (bicyclic) bond motifs is 1. The zero-order chi connectivity index (χ0) is 22.0. The molecular weight excluding hydrogens is 432 g/mol. The van der Waals surface area contributed by atoms with Crippen molar-refractivity contribution in [2.24, 2.45) is 0 Å². The van der Waals surface area contributed by atoms with Crippen molar-refractivity contribution in [2.45, 2.75) is 24.1 Å². The number of para-hydroxylation sites is 2. The van der Waals surface area contributed by atoms with E-state index in [1.165, 1.54) is 0 Å². The van der Waals surface area contributed by atoms with E-state index < -0.39 is 9.84 Å². The van der Waals surface area contributed by atoms with Crippen molar-refractivity contribution in [1.29, 1.82) is 0 Å². The SMILES string of the molecule is Cc1ccccc1CS(=O)(=O)c1cn(CC(=O)Nc2ccccc2Cl)c2ccccc12. The number of nitrogens with one attached hydrogen (secondary N) is 1. The van der Waals surface area contributed by atoms with E-state index in [-0.39, 0.29) is 23.1 Å². The molecule has 0 spiro atoms. The molecule has 0 saturated carbocycles. The first-order valence-electron chi connectivity index (χ1n) is 9.75. The number of carbonyl (C=O) groups excluding carboxylic acids is 1. The number of rotatable bonds is 6. The van der Waals surface area contributed by atoms with Gasteiger partial charge in [-0.15, -0.1) is 0 Å². The summed E-state index contributed by atoms with van der Waals surface area (Å²) in [5.41, 5.74) is 2.88. The van der Waals surface area contributed by atoms with Crippen molar-refractivity contribution < 1.29 is 13.2 Å². The van der Waals surface area contributed by atoms with E-state index in [1.807, 2.05) is 43.3 Å². The molecule has 1 aromatic heterocycles. The molecule has 7 heteroatoms. The third-order valence-electron chi connectivity index (χ3n) is 5.16. The van der Waals surface area contributed by atoms with Crippen LogP contribution in [0, 0.1) is 6.92 Å². The summed E-state index contributed by atoms with van der Waals surface area (Å²) in [6.45, 7) is 1.86. The van der Waals surface area contributed by atoms with E-state index >= 15 is 0 Å². The van der Waals surface area contributed by atoms with Crippen LogP contribution in [-0.2, 0) is 26.9 Å². The van der Waals surface area contributed by atoms with E-state index in [1.54, 1.807) is 47.2 Å². The van der Waals surface area contributed by atoms with Gasteiger partial charge in [0.25, 0.3) is 0 Å². The van der Waals surface area contributed by atoms with Crippen molar-refractivity contribution >= 4 is 43.9 Å². The summed E-state index contributed by atoms with van der Waals surface area (Å²) >= 11 is 6.12. The van der Waals surface area contributed by atoms with Crippen LogP contribution in [0.1, 0.15) is 11.1 Å². The van der Waals surface area contributed by atoms with Crippen molar-refractivity contribution in [3.05, 3.63) is 95.1 Å². The van der Waals surface area contributed by atoms with Crippen molar-refractivity contribution in [3.63, 3.8) is 0 Å². The maximum atomic E-state index is 13.3. The van der Waals surface area contributed by atoms with Gasteiger partial charge in [-0.2, -0.15) is 0 Å². The minimum atomic E-state index is -3.62. The molecule has 31 heavy (non-hydrogen) atoms. The van der Waals surface area contributed by atoms with Crippen LogP contribution in [0.3, 0.4) is 0 Å². The molecule has 5 nitrogen and oxygen atoms in total. The summed E-state index contributed by atoms with van der Waals surface area (Å²) in [4.78, 5) is 12.9. The quantitative estimate of drug-likeness (QED) is 0.436. The lowest BCUT2D eigenvalue weighted by molar-refractivity contribution is -0.116. The third kappa shape index (κ3) is 4.50. The summed E-state index contributed by atoms with van der Waals surface area (Å²) in [6, 6.07) is 21.6. The second-order valence-electron chi connectivity index (χ2n) is 7.35. The molecule has 158 valence electrons. The van der Waals surface area contributed by atoms with Crippen molar-refractivity contribution in [3.8, 4) is 0 Å². The summed E-state index contributed by atoms with van der Waals surface area (Å²) in [6.07, 6.45) is 1.55. The van der Waals surface area contributed by atoms with Crippen LogP contribution in [-0.4, -0.2) is 18.9 Å². The van der Waals surface area contributed by atoms with Gasteiger partial charge in [0, 0.05) is 17.1 Å². The number of benzene rings is 3. The number of hydrogen-bond acceptors (Lipinski definition) is 3. The summed E-state index contributed by atoms with van der Waals surface area (Å²) < 4.78 is 28.2. The minimum Gasteiger partial charge on any atom is -0.337 e. The lowest BCUT2D eigenvalue weighted by atomic mass is 10.1. The number of aryl methyl sites for hydroxylation is 1. The van der Waals surface area contributed by atoms with E-state index in [0.29, 0.717) is 21.6 Å². The Labute approximate surface area is 186 Å². The smallest absolute Gasteiger partial charge is 0.244 e. The van der Waals surface area contributed by atoms with Crippen LogP contribution in [0.15, 0.2) is 83.9 Å². The number of halogens is 1. The molecule has 0 aliphatic carbocycles. The second-order valence-corrected chi connectivity index (χ2v) is 9.72. The zero-order valence-electron chi connectivity index (χ0n) is 16.9. The normalized spacial score (nSPS) is 11.5. The maximum Gasteiger partial charge on any atom is 0.244 e. The average molecular weight is 453 g/mol. The topological polar surface area (TPSA) is 68.2 Å².